The fraction of sp³-hybridized carbons (Fsp3) is 0.217. The SMILES string of the molecule is COc1ccc(-n2ncc([C@@H](C)NCc3cnn(-c4cccc(Cl)c4)c3)c2C)cc1. The van der Waals surface area contributed by atoms with Crippen LogP contribution in [0.4, 0.5) is 0 Å². The molecule has 4 aromatic rings. The molecule has 0 unspecified atom stereocenters. The maximum Gasteiger partial charge on any atom is 0.119 e. The average Bonchev–Trinajstić information content (AvgIpc) is 3.39. The molecular formula is C23H24ClN5O. The maximum atomic E-state index is 6.08. The van der Waals surface area contributed by atoms with Gasteiger partial charge in [-0.25, -0.2) is 9.36 Å². The summed E-state index contributed by atoms with van der Waals surface area (Å²) in [5.41, 5.74) is 5.32. The van der Waals surface area contributed by atoms with Gasteiger partial charge >= 0.3 is 0 Å². The Hall–Kier alpha value is -3.09. The van der Waals surface area contributed by atoms with E-state index in [9.17, 15) is 0 Å². The van der Waals surface area contributed by atoms with Crippen LogP contribution in [0, 0.1) is 6.92 Å². The molecule has 1 atom stereocenters. The Balaban J connectivity index is 1.43. The van der Waals surface area contributed by atoms with Crippen molar-refractivity contribution in [3.8, 4) is 17.1 Å². The minimum atomic E-state index is 0.145. The van der Waals surface area contributed by atoms with Gasteiger partial charge in [0.15, 0.2) is 0 Å². The van der Waals surface area contributed by atoms with E-state index in [4.69, 9.17) is 16.3 Å². The van der Waals surface area contributed by atoms with E-state index in [1.54, 1.807) is 7.11 Å². The van der Waals surface area contributed by atoms with E-state index in [1.165, 1.54) is 0 Å². The predicted octanol–water partition coefficient (Wildman–Crippen LogP) is 4.88. The van der Waals surface area contributed by atoms with Gasteiger partial charge in [-0.05, 0) is 56.3 Å². The van der Waals surface area contributed by atoms with Gasteiger partial charge in [-0.15, -0.1) is 0 Å². The highest BCUT2D eigenvalue weighted by Crippen LogP contribution is 2.22. The Bertz CT molecular complexity index is 1130. The van der Waals surface area contributed by atoms with Gasteiger partial charge in [-0.2, -0.15) is 10.2 Å². The summed E-state index contributed by atoms with van der Waals surface area (Å²) in [5, 5.41) is 13.3. The number of hydrogen-bond donors (Lipinski definition) is 1. The topological polar surface area (TPSA) is 56.9 Å². The molecule has 7 heteroatoms. The molecule has 6 nitrogen and oxygen atoms in total. The van der Waals surface area contributed by atoms with Crippen LogP contribution < -0.4 is 10.1 Å². The number of nitrogens with one attached hydrogen (secondary N) is 1. The number of halogens is 1. The maximum absolute atomic E-state index is 6.08. The fourth-order valence-electron chi connectivity index (χ4n) is 3.42. The number of ether oxygens (including phenoxy) is 1. The minimum absolute atomic E-state index is 0.145. The zero-order valence-electron chi connectivity index (χ0n) is 17.2. The lowest BCUT2D eigenvalue weighted by Gasteiger charge is -2.13. The van der Waals surface area contributed by atoms with E-state index < -0.39 is 0 Å². The van der Waals surface area contributed by atoms with Crippen molar-refractivity contribution in [3.05, 3.63) is 89.0 Å². The second-order valence-electron chi connectivity index (χ2n) is 7.17. The summed E-state index contributed by atoms with van der Waals surface area (Å²) in [6.45, 7) is 4.93. The highest BCUT2D eigenvalue weighted by atomic mass is 35.5. The van der Waals surface area contributed by atoms with Crippen LogP contribution in [0.1, 0.15) is 29.8 Å². The zero-order valence-corrected chi connectivity index (χ0v) is 18.0. The second kappa shape index (κ2) is 8.73. The van der Waals surface area contributed by atoms with Crippen molar-refractivity contribution in [1.82, 2.24) is 24.9 Å². The highest BCUT2D eigenvalue weighted by molar-refractivity contribution is 6.30. The Kier molecular flexibility index (Phi) is 5.88. The molecule has 154 valence electrons. The van der Waals surface area contributed by atoms with Crippen molar-refractivity contribution >= 4 is 11.6 Å². The molecule has 0 saturated carbocycles. The first kappa shape index (κ1) is 20.2. The number of methoxy groups -OCH3 is 1. The number of rotatable bonds is 7. The van der Waals surface area contributed by atoms with Crippen molar-refractivity contribution in [2.24, 2.45) is 0 Å². The molecule has 0 spiro atoms. The normalized spacial score (nSPS) is 12.1. The largest absolute Gasteiger partial charge is 0.497 e. The molecule has 0 amide bonds. The molecule has 0 fully saturated rings. The molecule has 2 heterocycles. The van der Waals surface area contributed by atoms with Crippen molar-refractivity contribution < 1.29 is 4.74 Å². The third-order valence-corrected chi connectivity index (χ3v) is 5.39. The Morgan fingerprint density at radius 1 is 1.07 bits per heavy atom. The van der Waals surface area contributed by atoms with Crippen LogP contribution in [-0.4, -0.2) is 26.7 Å². The van der Waals surface area contributed by atoms with E-state index in [2.05, 4.69) is 29.4 Å². The number of benzene rings is 2. The monoisotopic (exact) mass is 421 g/mol. The summed E-state index contributed by atoms with van der Waals surface area (Å²) in [5.74, 6) is 0.831. The standard InChI is InChI=1S/C23H24ClN5O/c1-16(23-14-27-29(17(23)2)20-7-9-22(30-3)10-8-20)25-12-18-13-26-28(15-18)21-6-4-5-19(24)11-21/h4-11,13-16,25H,12H2,1-3H3/t16-/m1/s1. The van der Waals surface area contributed by atoms with Crippen molar-refractivity contribution in [2.45, 2.75) is 26.4 Å². The second-order valence-corrected chi connectivity index (χ2v) is 7.61. The van der Waals surface area contributed by atoms with E-state index in [-0.39, 0.29) is 6.04 Å². The fourth-order valence-corrected chi connectivity index (χ4v) is 3.61. The summed E-state index contributed by atoms with van der Waals surface area (Å²) in [4.78, 5) is 0. The van der Waals surface area contributed by atoms with Gasteiger partial charge < -0.3 is 10.1 Å². The van der Waals surface area contributed by atoms with Crippen molar-refractivity contribution in [3.63, 3.8) is 0 Å². The van der Waals surface area contributed by atoms with Crippen molar-refractivity contribution in [2.75, 3.05) is 7.11 Å². The van der Waals surface area contributed by atoms with E-state index >= 15 is 0 Å². The van der Waals surface area contributed by atoms with Gasteiger partial charge in [0.05, 0.1) is 30.9 Å². The molecule has 2 aromatic heterocycles. The van der Waals surface area contributed by atoms with Gasteiger partial charge in [0, 0.05) is 40.6 Å². The number of hydrogen-bond acceptors (Lipinski definition) is 4. The average molecular weight is 422 g/mol. The third kappa shape index (κ3) is 4.25. The van der Waals surface area contributed by atoms with Gasteiger partial charge in [-0.3, -0.25) is 0 Å². The molecule has 30 heavy (non-hydrogen) atoms. The molecule has 0 saturated heterocycles. The quantitative estimate of drug-likeness (QED) is 0.462. The van der Waals surface area contributed by atoms with Gasteiger partial charge in [-0.1, -0.05) is 17.7 Å². The third-order valence-electron chi connectivity index (χ3n) is 5.15. The van der Waals surface area contributed by atoms with Crippen LogP contribution in [0.5, 0.6) is 5.75 Å². The zero-order chi connectivity index (χ0) is 21.1. The number of nitrogens with zero attached hydrogens (tertiary/aromatic N) is 4. The van der Waals surface area contributed by atoms with E-state index in [0.717, 1.165) is 33.9 Å². The molecular weight excluding hydrogens is 398 g/mol. The minimum Gasteiger partial charge on any atom is -0.497 e. The van der Waals surface area contributed by atoms with Crippen LogP contribution in [0.25, 0.3) is 11.4 Å². The van der Waals surface area contributed by atoms with Crippen LogP contribution in [-0.2, 0) is 6.54 Å². The first-order chi connectivity index (χ1) is 14.5. The Labute approximate surface area is 181 Å². The van der Waals surface area contributed by atoms with Crippen LogP contribution in [0.3, 0.4) is 0 Å². The first-order valence-electron chi connectivity index (χ1n) is 9.77. The number of aromatic nitrogens is 4. The Morgan fingerprint density at radius 2 is 1.87 bits per heavy atom. The lowest BCUT2D eigenvalue weighted by atomic mass is 10.1. The summed E-state index contributed by atoms with van der Waals surface area (Å²) in [6, 6.07) is 15.7. The predicted molar refractivity (Wildman–Crippen MR) is 119 cm³/mol. The van der Waals surface area contributed by atoms with Crippen LogP contribution in [0.2, 0.25) is 5.02 Å². The summed E-state index contributed by atoms with van der Waals surface area (Å²) < 4.78 is 9.02. The smallest absolute Gasteiger partial charge is 0.119 e. The molecule has 0 radical (unpaired) electrons. The van der Waals surface area contributed by atoms with Gasteiger partial charge in [0.25, 0.3) is 0 Å². The van der Waals surface area contributed by atoms with Crippen LogP contribution in [0.15, 0.2) is 67.1 Å². The van der Waals surface area contributed by atoms with E-state index in [1.807, 2.05) is 76.5 Å². The van der Waals surface area contributed by atoms with E-state index in [0.29, 0.717) is 11.6 Å². The summed E-state index contributed by atoms with van der Waals surface area (Å²) in [6.07, 6.45) is 5.81. The molecule has 0 aliphatic heterocycles. The summed E-state index contributed by atoms with van der Waals surface area (Å²) in [7, 11) is 1.67. The molecule has 4 rings (SSSR count). The first-order valence-corrected chi connectivity index (χ1v) is 10.1. The van der Waals surface area contributed by atoms with Gasteiger partial charge in [0.2, 0.25) is 0 Å². The molecule has 0 aliphatic carbocycles. The molecule has 0 bridgehead atoms. The van der Waals surface area contributed by atoms with Crippen LogP contribution >= 0.6 is 11.6 Å². The molecule has 1 N–H and O–H groups in total. The lowest BCUT2D eigenvalue weighted by molar-refractivity contribution is 0.414. The summed E-state index contributed by atoms with van der Waals surface area (Å²) >= 11 is 6.08. The molecule has 2 aromatic carbocycles. The van der Waals surface area contributed by atoms with Gasteiger partial charge in [0.1, 0.15) is 5.75 Å². The van der Waals surface area contributed by atoms with Crippen molar-refractivity contribution in [1.29, 1.82) is 0 Å². The lowest BCUT2D eigenvalue weighted by Crippen LogP contribution is -2.18. The molecule has 0 aliphatic rings. The Morgan fingerprint density at radius 3 is 2.60 bits per heavy atom. The highest BCUT2D eigenvalue weighted by Gasteiger charge is 2.14.